The number of thioether (sulfide) groups is 1. The normalized spacial score (nSPS) is 15.3. The second kappa shape index (κ2) is 8.45. The van der Waals surface area contributed by atoms with Crippen molar-refractivity contribution in [2.24, 2.45) is 0 Å². The first-order valence-corrected chi connectivity index (χ1v) is 12.2. The highest BCUT2D eigenvalue weighted by Crippen LogP contribution is 2.39. The summed E-state index contributed by atoms with van der Waals surface area (Å²) in [6.07, 6.45) is 2.06. The van der Waals surface area contributed by atoms with Crippen LogP contribution in [0.25, 0.3) is 16.7 Å². The van der Waals surface area contributed by atoms with Crippen LogP contribution in [-0.4, -0.2) is 21.7 Å². The molecular weight excluding hydrogens is 428 g/mol. The maximum Gasteiger partial charge on any atom is 0.255 e. The molecule has 0 fully saturated rings. The van der Waals surface area contributed by atoms with Gasteiger partial charge in [0.05, 0.1) is 22.6 Å². The molecule has 0 bridgehead atoms. The number of benzene rings is 3. The summed E-state index contributed by atoms with van der Waals surface area (Å²) in [5, 5.41) is 6.69. The van der Waals surface area contributed by atoms with E-state index in [0.29, 0.717) is 5.57 Å². The highest BCUT2D eigenvalue weighted by Gasteiger charge is 2.32. The lowest BCUT2D eigenvalue weighted by atomic mass is 9.94. The van der Waals surface area contributed by atoms with Crippen molar-refractivity contribution in [3.8, 4) is 0 Å². The van der Waals surface area contributed by atoms with Gasteiger partial charge >= 0.3 is 0 Å². The molecule has 166 valence electrons. The lowest BCUT2D eigenvalue weighted by Crippen LogP contribution is -2.30. The molecule has 1 atom stereocenters. The van der Waals surface area contributed by atoms with Gasteiger partial charge in [-0.1, -0.05) is 42.0 Å². The van der Waals surface area contributed by atoms with Crippen molar-refractivity contribution < 1.29 is 4.79 Å². The number of imidazole rings is 1. The molecule has 5 nitrogen and oxygen atoms in total. The van der Waals surface area contributed by atoms with Crippen LogP contribution < -0.4 is 10.6 Å². The minimum absolute atomic E-state index is 0.116. The van der Waals surface area contributed by atoms with Gasteiger partial charge in [-0.25, -0.2) is 4.98 Å². The standard InChI is InChI=1S/C27H26N4OS/c1-16-9-14-21(17(2)15-16)28-26(32)24-18(3)31-23-8-6-5-7-22(23)29-27(31)30-25(24)19-10-12-20(33-4)13-11-19/h5-15,25H,1-4H3,(H,28,32)(H,29,30)/t25-/m1/s1. The van der Waals surface area contributed by atoms with E-state index in [9.17, 15) is 4.79 Å². The second-order valence-electron chi connectivity index (χ2n) is 8.38. The minimum atomic E-state index is -0.309. The van der Waals surface area contributed by atoms with Gasteiger partial charge < -0.3 is 10.6 Å². The van der Waals surface area contributed by atoms with Crippen LogP contribution in [0, 0.1) is 13.8 Å². The molecule has 33 heavy (non-hydrogen) atoms. The quantitative estimate of drug-likeness (QED) is 0.350. The van der Waals surface area contributed by atoms with E-state index in [2.05, 4.69) is 54.1 Å². The van der Waals surface area contributed by atoms with Crippen LogP contribution >= 0.6 is 11.8 Å². The highest BCUT2D eigenvalue weighted by molar-refractivity contribution is 7.98. The maximum atomic E-state index is 13.7. The van der Waals surface area contributed by atoms with E-state index in [1.165, 1.54) is 10.5 Å². The van der Waals surface area contributed by atoms with Crippen molar-refractivity contribution in [2.75, 3.05) is 16.9 Å². The third-order valence-corrected chi connectivity index (χ3v) is 6.92. The van der Waals surface area contributed by atoms with Crippen molar-refractivity contribution in [3.05, 3.63) is 89.0 Å². The summed E-state index contributed by atoms with van der Waals surface area (Å²) in [4.78, 5) is 19.7. The number of aromatic nitrogens is 2. The molecule has 4 aromatic rings. The zero-order valence-electron chi connectivity index (χ0n) is 19.1. The van der Waals surface area contributed by atoms with Gasteiger partial charge in [-0.05, 0) is 68.5 Å². The minimum Gasteiger partial charge on any atom is -0.344 e. The lowest BCUT2D eigenvalue weighted by molar-refractivity contribution is -0.113. The molecule has 0 saturated carbocycles. The number of fused-ring (bicyclic) bond motifs is 3. The summed E-state index contributed by atoms with van der Waals surface area (Å²) in [5.41, 5.74) is 7.49. The molecule has 3 aromatic carbocycles. The molecule has 2 heterocycles. The third-order valence-electron chi connectivity index (χ3n) is 6.17. The number of para-hydroxylation sites is 2. The summed E-state index contributed by atoms with van der Waals surface area (Å²) >= 11 is 1.70. The Labute approximate surface area is 197 Å². The Morgan fingerprint density at radius 2 is 1.79 bits per heavy atom. The fourth-order valence-corrected chi connectivity index (χ4v) is 4.89. The third kappa shape index (κ3) is 3.80. The number of aryl methyl sites for hydroxylation is 2. The number of nitrogens with one attached hydrogen (secondary N) is 2. The number of carbonyl (C=O) groups is 1. The van der Waals surface area contributed by atoms with Gasteiger partial charge in [0, 0.05) is 16.3 Å². The number of carbonyl (C=O) groups excluding carboxylic acids is 1. The van der Waals surface area contributed by atoms with Gasteiger partial charge in [0.15, 0.2) is 0 Å². The average Bonchev–Trinajstić information content (AvgIpc) is 3.19. The Bertz CT molecular complexity index is 1400. The van der Waals surface area contributed by atoms with Crippen molar-refractivity contribution in [1.29, 1.82) is 0 Å². The second-order valence-corrected chi connectivity index (χ2v) is 9.26. The van der Waals surface area contributed by atoms with E-state index in [0.717, 1.165) is 39.5 Å². The Balaban J connectivity index is 1.64. The van der Waals surface area contributed by atoms with Crippen LogP contribution in [0.4, 0.5) is 11.6 Å². The SMILES string of the molecule is CSc1ccc([C@H]2Nc3nc4ccccc4n3C(C)=C2C(=O)Nc2ccc(C)cc2C)cc1. The zero-order chi connectivity index (χ0) is 23.1. The largest absolute Gasteiger partial charge is 0.344 e. The molecular formula is C27H26N4OS. The summed E-state index contributed by atoms with van der Waals surface area (Å²) in [6.45, 7) is 6.07. The van der Waals surface area contributed by atoms with Gasteiger partial charge in [-0.15, -0.1) is 11.8 Å². The van der Waals surface area contributed by atoms with Gasteiger partial charge in [-0.2, -0.15) is 0 Å². The van der Waals surface area contributed by atoms with Crippen molar-refractivity contribution in [3.63, 3.8) is 0 Å². The van der Waals surface area contributed by atoms with Crippen LogP contribution in [0.2, 0.25) is 0 Å². The molecule has 0 radical (unpaired) electrons. The van der Waals surface area contributed by atoms with Crippen molar-refractivity contribution in [2.45, 2.75) is 31.7 Å². The number of allylic oxidation sites excluding steroid dienone is 1. The van der Waals surface area contributed by atoms with Crippen molar-refractivity contribution >= 4 is 46.0 Å². The number of hydrogen-bond acceptors (Lipinski definition) is 4. The summed E-state index contributed by atoms with van der Waals surface area (Å²) in [5.74, 6) is 0.630. The predicted octanol–water partition coefficient (Wildman–Crippen LogP) is 6.41. The lowest BCUT2D eigenvalue weighted by Gasteiger charge is -2.30. The number of anilines is 2. The molecule has 1 aliphatic heterocycles. The molecule has 5 rings (SSSR count). The Morgan fingerprint density at radius 1 is 1.03 bits per heavy atom. The number of hydrogen-bond donors (Lipinski definition) is 2. The molecule has 1 aromatic heterocycles. The Kier molecular flexibility index (Phi) is 5.46. The maximum absolute atomic E-state index is 13.7. The van der Waals surface area contributed by atoms with Crippen LogP contribution in [0.3, 0.4) is 0 Å². The number of amides is 1. The van der Waals surface area contributed by atoms with E-state index < -0.39 is 0 Å². The fraction of sp³-hybridized carbons (Fsp3) is 0.185. The zero-order valence-corrected chi connectivity index (χ0v) is 20.0. The van der Waals surface area contributed by atoms with Crippen LogP contribution in [0.5, 0.6) is 0 Å². The van der Waals surface area contributed by atoms with Gasteiger partial charge in [-0.3, -0.25) is 9.36 Å². The molecule has 0 spiro atoms. The van der Waals surface area contributed by atoms with Gasteiger partial charge in [0.25, 0.3) is 5.91 Å². The fourth-order valence-electron chi connectivity index (χ4n) is 4.48. The Hall–Kier alpha value is -3.51. The van der Waals surface area contributed by atoms with E-state index in [4.69, 9.17) is 4.98 Å². The van der Waals surface area contributed by atoms with Gasteiger partial charge in [0.2, 0.25) is 5.95 Å². The molecule has 0 saturated heterocycles. The molecule has 1 amide bonds. The smallest absolute Gasteiger partial charge is 0.255 e. The molecule has 1 aliphatic rings. The van der Waals surface area contributed by atoms with Crippen LogP contribution in [-0.2, 0) is 4.79 Å². The summed E-state index contributed by atoms with van der Waals surface area (Å²) in [7, 11) is 0. The van der Waals surface area contributed by atoms with E-state index in [1.54, 1.807) is 11.8 Å². The molecule has 6 heteroatoms. The Morgan fingerprint density at radius 3 is 2.52 bits per heavy atom. The van der Waals surface area contributed by atoms with E-state index in [1.807, 2.05) is 54.8 Å². The average molecular weight is 455 g/mol. The van der Waals surface area contributed by atoms with Crippen molar-refractivity contribution in [1.82, 2.24) is 9.55 Å². The number of nitrogens with zero attached hydrogens (tertiary/aromatic N) is 2. The van der Waals surface area contributed by atoms with Crippen LogP contribution in [0.1, 0.15) is 29.7 Å². The van der Waals surface area contributed by atoms with Crippen LogP contribution in [0.15, 0.2) is 77.2 Å². The summed E-state index contributed by atoms with van der Waals surface area (Å²) < 4.78 is 2.04. The molecule has 0 aliphatic carbocycles. The number of rotatable bonds is 4. The van der Waals surface area contributed by atoms with Gasteiger partial charge in [0.1, 0.15) is 0 Å². The first kappa shape index (κ1) is 21.3. The molecule has 2 N–H and O–H groups in total. The first-order valence-electron chi connectivity index (χ1n) is 10.9. The summed E-state index contributed by atoms with van der Waals surface area (Å²) in [6, 6.07) is 22.1. The van der Waals surface area contributed by atoms with E-state index in [-0.39, 0.29) is 11.9 Å². The first-order chi connectivity index (χ1) is 16.0. The molecule has 0 unspecified atom stereocenters. The monoisotopic (exact) mass is 454 g/mol. The van der Waals surface area contributed by atoms with E-state index >= 15 is 0 Å². The highest BCUT2D eigenvalue weighted by atomic mass is 32.2. The predicted molar refractivity (Wildman–Crippen MR) is 138 cm³/mol. The topological polar surface area (TPSA) is 59.0 Å².